The minimum Gasteiger partial charge on any atom is -0.508 e. The van der Waals surface area contributed by atoms with Crippen molar-refractivity contribution in [1.82, 2.24) is 117 Å². The maximum atomic E-state index is 14.6. The van der Waals surface area contributed by atoms with E-state index in [1.165, 1.54) is 63.7 Å². The van der Waals surface area contributed by atoms with E-state index in [-0.39, 0.29) is 122 Å². The molecule has 0 bridgehead atoms. The van der Waals surface area contributed by atoms with Crippen molar-refractivity contribution in [3.63, 3.8) is 0 Å². The zero-order valence-electron chi connectivity index (χ0n) is 85.4. The molecular weight excluding hydrogens is 1990 g/mol. The number of nitrogens with one attached hydrogen (secondary N) is 23. The summed E-state index contributed by atoms with van der Waals surface area (Å²) in [7, 11) is 0. The van der Waals surface area contributed by atoms with Crippen LogP contribution in [0.4, 0.5) is 0 Å². The number of hydrogen-bond donors (Lipinski definition) is 34. The number of carbonyl (C=O) groups excluding carboxylic acids is 22. The summed E-state index contributed by atoms with van der Waals surface area (Å²) in [4.78, 5) is 300. The van der Waals surface area contributed by atoms with Gasteiger partial charge < -0.3 is 176 Å². The summed E-state index contributed by atoms with van der Waals surface area (Å²) >= 11 is 1.42. The lowest BCUT2D eigenvalue weighted by molar-refractivity contribution is -0.143. The van der Waals surface area contributed by atoms with Crippen LogP contribution in [0.1, 0.15) is 156 Å². The molecular formula is C92H150N30O27S. The van der Waals surface area contributed by atoms with Crippen LogP contribution in [0.25, 0.3) is 0 Å². The first-order valence-corrected chi connectivity index (χ1v) is 50.1. The summed E-state index contributed by atoms with van der Waals surface area (Å²) in [5.74, 6) is -23.5. The molecule has 150 heavy (non-hydrogen) atoms. The summed E-state index contributed by atoms with van der Waals surface area (Å²) in [5, 5.41) is 119. The van der Waals surface area contributed by atoms with Crippen molar-refractivity contribution in [2.75, 3.05) is 77.5 Å². The van der Waals surface area contributed by atoms with Crippen molar-refractivity contribution < 1.29 is 131 Å². The molecule has 1 saturated heterocycles. The molecule has 1 fully saturated rings. The molecule has 58 heteroatoms. The van der Waals surface area contributed by atoms with Gasteiger partial charge in [0.05, 0.1) is 63.6 Å². The van der Waals surface area contributed by atoms with Gasteiger partial charge in [0.15, 0.2) is 11.9 Å². The van der Waals surface area contributed by atoms with Crippen LogP contribution in [0.2, 0.25) is 0 Å². The highest BCUT2D eigenvalue weighted by molar-refractivity contribution is 7.98. The molecule has 2 aromatic rings. The second kappa shape index (κ2) is 68.0. The molecule has 0 unspecified atom stereocenters. The molecule has 40 N–H and O–H groups in total. The fourth-order valence-corrected chi connectivity index (χ4v) is 15.4. The number of thioether (sulfide) groups is 1. The first kappa shape index (κ1) is 129. The number of phenolic OH excluding ortho intramolecular Hbond substituents is 1. The van der Waals surface area contributed by atoms with Gasteiger partial charge >= 0.3 is 0 Å². The average Bonchev–Trinajstić information content (AvgIpc) is 1.66. The van der Waals surface area contributed by atoms with Gasteiger partial charge in [0.1, 0.15) is 96.4 Å². The molecule has 19 atom stereocenters. The van der Waals surface area contributed by atoms with Crippen LogP contribution >= 0.6 is 11.8 Å². The smallest absolute Gasteiger partial charge is 0.248 e. The van der Waals surface area contributed by atoms with E-state index >= 15 is 0 Å². The molecule has 0 radical (unpaired) electrons. The van der Waals surface area contributed by atoms with Crippen LogP contribution in [-0.2, 0) is 118 Å². The number of unbranched alkanes of at least 4 members (excludes halogenated alkanes) is 2. The molecule has 0 saturated carbocycles. The number of carbonyl (C=O) groups is 22. The number of aliphatic hydroxyl groups excluding tert-OH is 4. The topological polar surface area (TPSA) is 936 Å². The van der Waals surface area contributed by atoms with Gasteiger partial charge in [-0.25, -0.2) is 0 Å². The third kappa shape index (κ3) is 48.9. The summed E-state index contributed by atoms with van der Waals surface area (Å²) in [6, 6.07) is -9.52. The van der Waals surface area contributed by atoms with Gasteiger partial charge in [-0.3, -0.25) is 116 Å². The van der Waals surface area contributed by atoms with Crippen LogP contribution in [-0.4, -0.2) is 365 Å². The number of primary amides is 2. The van der Waals surface area contributed by atoms with Gasteiger partial charge in [-0.15, -0.1) is 0 Å². The number of likely N-dealkylation sites (tertiary alicyclic amines) is 1. The largest absolute Gasteiger partial charge is 0.508 e. The highest BCUT2D eigenvalue weighted by atomic mass is 32.2. The van der Waals surface area contributed by atoms with Crippen molar-refractivity contribution in [3.05, 3.63) is 65.7 Å². The van der Waals surface area contributed by atoms with Gasteiger partial charge in [-0.2, -0.15) is 11.8 Å². The van der Waals surface area contributed by atoms with E-state index in [2.05, 4.69) is 112 Å². The molecule has 836 valence electrons. The molecule has 1 aliphatic heterocycles. The Labute approximate surface area is 870 Å². The van der Waals surface area contributed by atoms with Crippen LogP contribution in [0.15, 0.2) is 54.6 Å². The fraction of sp³-hybridized carbons (Fsp3) is 0.609. The number of rotatable bonds is 69. The number of aromatic hydroxyl groups is 1. The second-order valence-electron chi connectivity index (χ2n) is 36.1. The van der Waals surface area contributed by atoms with Gasteiger partial charge in [-0.05, 0) is 172 Å². The van der Waals surface area contributed by atoms with Crippen LogP contribution < -0.4 is 146 Å². The minimum absolute atomic E-state index is 0.00211. The molecule has 0 aromatic heterocycles. The van der Waals surface area contributed by atoms with E-state index in [4.69, 9.17) is 45.2 Å². The molecule has 3 rings (SSSR count). The summed E-state index contributed by atoms with van der Waals surface area (Å²) in [6.45, 7) is 5.55. The fourth-order valence-electron chi connectivity index (χ4n) is 14.9. The summed E-state index contributed by atoms with van der Waals surface area (Å²) in [6.07, 6.45) is -5.08. The normalized spacial score (nSPS) is 15.6. The standard InChI is InChI=1S/C92H150N30O27S/c1-46(2)71(87(146)120-72(48(4)123)86(145)107-45-70(134)117-75(51(7)126)90(149)122-36-19-26-64(122)76(96)135)118-88(147)74(50(6)125)121-89(148)73(49(5)124)119-77(136)47(3)108-82(141)59(25-18-35-102-92(99)100)115-83(142)58(23-14-16-33-94)111-67(131)41-104-79(138)57(24-17-34-101-91(97)98)114-85(144)62(39-54-27-29-55(128)30-28-54)112-68(132)43-103-78(137)56(22-13-15-32-93)110-66(130)42-106-81(140)63(40-65(95)129)113-69(133)44-105-80(139)61(38-53-20-11-10-12-21-53)116-84(143)60(31-37-150-9)109-52(8)127/h10-12,20-21,27-30,46-51,56-64,71-75,123-126,128H,13-19,22-26,31-45,93-94H2,1-9H3,(H2,95,129)(H2,96,135)(H,103,137)(H,104,138)(H,105,139)(H,106,140)(H,107,145)(H,108,141)(H,109,127)(H,110,130)(H,111,131)(H,112,132)(H,113,133)(H,114,144)(H,115,142)(H,116,143)(H,117,134)(H,118,147)(H,119,136)(H,120,146)(H,121,148)(H4,97,98,101)(H4,99,100,102)/t47-,48+,49+,50+,51+,56-,57-,58-,59-,60-,61-,62-,63-,64-,71-,72-,73-,74-,75-/m0/s1. The predicted octanol–water partition coefficient (Wildman–Crippen LogP) is -13.3. The van der Waals surface area contributed by atoms with Crippen molar-refractivity contribution >= 4 is 154 Å². The molecule has 22 amide bonds. The van der Waals surface area contributed by atoms with Crippen molar-refractivity contribution in [2.45, 2.75) is 273 Å². The zero-order chi connectivity index (χ0) is 113. The molecule has 1 heterocycles. The number of phenols is 1. The number of amides is 22. The van der Waals surface area contributed by atoms with E-state index in [9.17, 15) is 131 Å². The Morgan fingerprint density at radius 2 is 0.720 bits per heavy atom. The van der Waals surface area contributed by atoms with Gasteiger partial charge in [0.2, 0.25) is 130 Å². The highest BCUT2D eigenvalue weighted by Gasteiger charge is 2.42. The van der Waals surface area contributed by atoms with Crippen molar-refractivity contribution in [3.8, 4) is 5.75 Å². The number of nitrogens with two attached hydrogens (primary N) is 6. The lowest BCUT2D eigenvalue weighted by Gasteiger charge is -2.30. The Balaban J connectivity index is 1.80. The maximum Gasteiger partial charge on any atom is 0.248 e. The summed E-state index contributed by atoms with van der Waals surface area (Å²) in [5.41, 5.74) is 34.4. The maximum absolute atomic E-state index is 14.6. The number of guanidine groups is 2. The number of nitrogens with zero attached hydrogens (tertiary/aromatic N) is 1. The molecule has 1 aliphatic rings. The van der Waals surface area contributed by atoms with E-state index in [0.717, 1.165) is 32.6 Å². The Morgan fingerprint density at radius 3 is 1.15 bits per heavy atom. The van der Waals surface area contributed by atoms with E-state index in [0.29, 0.717) is 29.7 Å². The third-order valence-corrected chi connectivity index (χ3v) is 23.6. The van der Waals surface area contributed by atoms with Crippen LogP contribution in [0.3, 0.4) is 0 Å². The first-order valence-electron chi connectivity index (χ1n) is 48.8. The quantitative estimate of drug-likeness (QED) is 0.0166. The Bertz CT molecular complexity index is 4910. The van der Waals surface area contributed by atoms with E-state index in [1.807, 2.05) is 0 Å². The number of benzene rings is 2. The zero-order valence-corrected chi connectivity index (χ0v) is 86.2. The van der Waals surface area contributed by atoms with Gasteiger partial charge in [0.25, 0.3) is 0 Å². The van der Waals surface area contributed by atoms with Crippen LogP contribution in [0, 0.1) is 16.7 Å². The van der Waals surface area contributed by atoms with Crippen molar-refractivity contribution in [2.24, 2.45) is 40.3 Å². The van der Waals surface area contributed by atoms with Crippen molar-refractivity contribution in [1.29, 1.82) is 10.8 Å². The van der Waals surface area contributed by atoms with E-state index < -0.39 is 302 Å². The SMILES string of the molecule is CSCC[C@H](NC(C)=O)C(=O)N[C@@H](Cc1ccccc1)C(=O)NCC(=O)N[C@@H](CC(N)=O)C(=O)NCC(=O)N[C@@H](CCCCN)C(=O)NCC(=O)N[C@@H](Cc1ccc(O)cc1)C(=O)N[C@@H](CCCNC(=N)N)C(=O)NCC(=O)N[C@@H](CCCCN)C(=O)N[C@@H](CCCNC(=N)N)C(=O)N[C@@H](C)C(=O)N[C@H](C(=O)N[C@H](C(=O)N[C@H](C(=O)N[C@H](C(=O)NCC(=O)N[C@H](C(=O)N1CCC[C@H]1C(N)=O)[C@@H](C)O)[C@@H](C)O)C(C)C)[C@@H](C)O)[C@@H](C)O. The minimum atomic E-state index is -1.98. The van der Waals surface area contributed by atoms with Crippen LogP contribution in [0.5, 0.6) is 5.75 Å². The highest BCUT2D eigenvalue weighted by Crippen LogP contribution is 2.21. The lowest BCUT2D eigenvalue weighted by atomic mass is 10.0. The summed E-state index contributed by atoms with van der Waals surface area (Å²) < 4.78 is 0. The molecule has 2 aromatic carbocycles. The number of aliphatic hydroxyl groups is 4. The van der Waals surface area contributed by atoms with E-state index in [1.54, 1.807) is 36.6 Å². The molecule has 57 nitrogen and oxygen atoms in total. The third-order valence-electron chi connectivity index (χ3n) is 23.0. The van der Waals surface area contributed by atoms with Gasteiger partial charge in [0, 0.05) is 39.4 Å². The monoisotopic (exact) mass is 2140 g/mol. The lowest BCUT2D eigenvalue weighted by Crippen LogP contribution is -2.64. The molecule has 0 spiro atoms. The first-order chi connectivity index (χ1) is 70.7. The number of hydrogen-bond acceptors (Lipinski definition) is 32. The van der Waals surface area contributed by atoms with Gasteiger partial charge in [-0.1, -0.05) is 56.3 Å². The second-order valence-corrected chi connectivity index (χ2v) is 37.1. The molecule has 0 aliphatic carbocycles. The Morgan fingerprint density at radius 1 is 0.373 bits per heavy atom. The Hall–Kier alpha value is -14.8. The average molecular weight is 2140 g/mol. The Kier molecular flexibility index (Phi) is 58.6. The predicted molar refractivity (Wildman–Crippen MR) is 542 cm³/mol.